The Morgan fingerprint density at radius 2 is 2.15 bits per heavy atom. The fraction of sp³-hybridized carbons (Fsp3) is 0. The van der Waals surface area contributed by atoms with Gasteiger partial charge in [-0.1, -0.05) is 0 Å². The largest absolute Gasteiger partial charge is 0.317 e. The van der Waals surface area contributed by atoms with Crippen LogP contribution in [0.4, 0.5) is 14.5 Å². The van der Waals surface area contributed by atoms with Gasteiger partial charge < -0.3 is 5.32 Å². The summed E-state index contributed by atoms with van der Waals surface area (Å²) in [7, 11) is 0. The number of rotatable bonds is 2. The van der Waals surface area contributed by atoms with Gasteiger partial charge in [-0.05, 0) is 18.2 Å². The molecule has 0 fully saturated rings. The third-order valence-electron chi connectivity index (χ3n) is 2.50. The van der Waals surface area contributed by atoms with Crippen LogP contribution in [-0.4, -0.2) is 25.5 Å². The average Bonchev–Trinajstić information content (AvgIpc) is 2.86. The van der Waals surface area contributed by atoms with Gasteiger partial charge in [-0.15, -0.1) is 5.10 Å². The topological polar surface area (TPSA) is 72.2 Å². The Hall–Kier alpha value is -2.90. The molecule has 0 bridgehead atoms. The zero-order valence-electron chi connectivity index (χ0n) is 9.92. The van der Waals surface area contributed by atoms with Gasteiger partial charge >= 0.3 is 0 Å². The van der Waals surface area contributed by atoms with E-state index in [2.05, 4.69) is 20.4 Å². The fourth-order valence-electron chi connectivity index (χ4n) is 1.60. The number of hydrogen-bond donors (Lipinski definition) is 1. The molecule has 100 valence electrons. The Morgan fingerprint density at radius 3 is 2.90 bits per heavy atom. The molecule has 0 atom stereocenters. The van der Waals surface area contributed by atoms with Crippen LogP contribution >= 0.6 is 0 Å². The number of amides is 1. The number of halogens is 2. The van der Waals surface area contributed by atoms with Crippen molar-refractivity contribution in [2.75, 3.05) is 5.32 Å². The highest BCUT2D eigenvalue weighted by Gasteiger charge is 2.15. The monoisotopic (exact) mass is 275 g/mol. The smallest absolute Gasteiger partial charge is 0.295 e. The van der Waals surface area contributed by atoms with E-state index in [0.717, 1.165) is 12.1 Å². The molecule has 0 saturated carbocycles. The predicted molar refractivity (Wildman–Crippen MR) is 65.1 cm³/mol. The fourth-order valence-corrected chi connectivity index (χ4v) is 1.60. The standard InChI is InChI=1S/C12H7F2N5O/c13-7-2-3-9(8(14)6-7)16-11(20)10-17-12-15-4-1-5-19(12)18-10/h1-6H,(H,16,20). The summed E-state index contributed by atoms with van der Waals surface area (Å²) >= 11 is 0. The molecule has 0 unspecified atom stereocenters. The van der Waals surface area contributed by atoms with Gasteiger partial charge in [0.1, 0.15) is 11.6 Å². The van der Waals surface area contributed by atoms with Gasteiger partial charge in [0, 0.05) is 18.5 Å². The maximum Gasteiger partial charge on any atom is 0.295 e. The van der Waals surface area contributed by atoms with Crippen LogP contribution < -0.4 is 5.32 Å². The van der Waals surface area contributed by atoms with E-state index < -0.39 is 17.5 Å². The quantitative estimate of drug-likeness (QED) is 0.772. The van der Waals surface area contributed by atoms with Crippen LogP contribution in [0.1, 0.15) is 10.6 Å². The van der Waals surface area contributed by atoms with Gasteiger partial charge in [-0.25, -0.2) is 18.3 Å². The molecule has 0 aliphatic rings. The van der Waals surface area contributed by atoms with E-state index in [9.17, 15) is 13.6 Å². The predicted octanol–water partition coefficient (Wildman–Crippen LogP) is 1.65. The second-order valence-electron chi connectivity index (χ2n) is 3.88. The van der Waals surface area contributed by atoms with Gasteiger partial charge in [-0.2, -0.15) is 4.98 Å². The van der Waals surface area contributed by atoms with Crippen molar-refractivity contribution in [2.24, 2.45) is 0 Å². The third-order valence-corrected chi connectivity index (χ3v) is 2.50. The third kappa shape index (κ3) is 2.18. The zero-order chi connectivity index (χ0) is 14.1. The molecular weight excluding hydrogens is 268 g/mol. The van der Waals surface area contributed by atoms with E-state index >= 15 is 0 Å². The van der Waals surface area contributed by atoms with Gasteiger partial charge in [0.2, 0.25) is 5.82 Å². The Balaban J connectivity index is 1.89. The minimum atomic E-state index is -0.875. The molecule has 0 aliphatic carbocycles. The summed E-state index contributed by atoms with van der Waals surface area (Å²) in [6, 6.07) is 4.46. The molecule has 0 radical (unpaired) electrons. The van der Waals surface area contributed by atoms with Crippen molar-refractivity contribution in [3.63, 3.8) is 0 Å². The number of carbonyl (C=O) groups is 1. The Morgan fingerprint density at radius 1 is 1.30 bits per heavy atom. The van der Waals surface area contributed by atoms with Crippen LogP contribution in [0.15, 0.2) is 36.7 Å². The maximum absolute atomic E-state index is 13.4. The highest BCUT2D eigenvalue weighted by molar-refractivity contribution is 6.01. The lowest BCUT2D eigenvalue weighted by Crippen LogP contribution is -2.15. The zero-order valence-corrected chi connectivity index (χ0v) is 9.92. The van der Waals surface area contributed by atoms with Crippen LogP contribution in [0.5, 0.6) is 0 Å². The first-order valence-electron chi connectivity index (χ1n) is 5.57. The lowest BCUT2D eigenvalue weighted by atomic mass is 10.3. The van der Waals surface area contributed by atoms with Crippen molar-refractivity contribution in [2.45, 2.75) is 0 Å². The maximum atomic E-state index is 13.4. The number of anilines is 1. The van der Waals surface area contributed by atoms with Crippen molar-refractivity contribution in [1.82, 2.24) is 19.6 Å². The minimum Gasteiger partial charge on any atom is -0.317 e. The lowest BCUT2D eigenvalue weighted by Gasteiger charge is -2.03. The molecule has 0 spiro atoms. The number of benzene rings is 1. The number of hydrogen-bond acceptors (Lipinski definition) is 4. The minimum absolute atomic E-state index is 0.150. The van der Waals surface area contributed by atoms with Crippen LogP contribution in [-0.2, 0) is 0 Å². The van der Waals surface area contributed by atoms with Gasteiger partial charge in [-0.3, -0.25) is 4.79 Å². The number of aromatic nitrogens is 4. The Kier molecular flexibility index (Phi) is 2.82. The number of carbonyl (C=O) groups excluding carboxylic acids is 1. The molecular formula is C12H7F2N5O. The summed E-state index contributed by atoms with van der Waals surface area (Å²) in [5, 5.41) is 6.16. The summed E-state index contributed by atoms with van der Waals surface area (Å²) in [5.74, 6) is -2.22. The molecule has 3 aromatic rings. The molecule has 1 aromatic carbocycles. The van der Waals surface area contributed by atoms with E-state index in [1.165, 1.54) is 10.7 Å². The second kappa shape index (κ2) is 4.65. The molecule has 20 heavy (non-hydrogen) atoms. The average molecular weight is 275 g/mol. The van der Waals surface area contributed by atoms with Crippen LogP contribution in [0.25, 0.3) is 5.78 Å². The van der Waals surface area contributed by atoms with Crippen LogP contribution in [0.2, 0.25) is 0 Å². The molecule has 8 heteroatoms. The van der Waals surface area contributed by atoms with Crippen molar-refractivity contribution in [3.05, 3.63) is 54.1 Å². The molecule has 3 rings (SSSR count). The van der Waals surface area contributed by atoms with E-state index in [-0.39, 0.29) is 17.3 Å². The van der Waals surface area contributed by atoms with E-state index in [4.69, 9.17) is 0 Å². The van der Waals surface area contributed by atoms with Crippen LogP contribution in [0.3, 0.4) is 0 Å². The molecule has 2 aromatic heterocycles. The van der Waals surface area contributed by atoms with E-state index in [1.807, 2.05) is 0 Å². The summed E-state index contributed by atoms with van der Waals surface area (Å²) in [6.07, 6.45) is 3.08. The number of fused-ring (bicyclic) bond motifs is 1. The molecule has 0 aliphatic heterocycles. The lowest BCUT2D eigenvalue weighted by molar-refractivity contribution is 0.101. The second-order valence-corrected chi connectivity index (χ2v) is 3.88. The molecule has 1 amide bonds. The van der Waals surface area contributed by atoms with Crippen LogP contribution in [0, 0.1) is 11.6 Å². The first kappa shape index (κ1) is 12.2. The summed E-state index contributed by atoms with van der Waals surface area (Å²) in [5.41, 5.74) is -0.150. The summed E-state index contributed by atoms with van der Waals surface area (Å²) in [4.78, 5) is 19.7. The SMILES string of the molecule is O=C(Nc1ccc(F)cc1F)c1nc2ncccn2n1. The van der Waals surface area contributed by atoms with Gasteiger partial charge in [0.15, 0.2) is 0 Å². The molecule has 1 N–H and O–H groups in total. The van der Waals surface area contributed by atoms with Crippen molar-refractivity contribution in [3.8, 4) is 0 Å². The van der Waals surface area contributed by atoms with Gasteiger partial charge in [0.25, 0.3) is 11.7 Å². The number of nitrogens with one attached hydrogen (secondary N) is 1. The highest BCUT2D eigenvalue weighted by Crippen LogP contribution is 2.15. The van der Waals surface area contributed by atoms with Crippen molar-refractivity contribution in [1.29, 1.82) is 0 Å². The summed E-state index contributed by atoms with van der Waals surface area (Å²) in [6.45, 7) is 0. The Labute approximate surface area is 111 Å². The normalized spacial score (nSPS) is 10.7. The first-order valence-corrected chi connectivity index (χ1v) is 5.57. The Bertz CT molecular complexity index is 768. The van der Waals surface area contributed by atoms with Crippen molar-refractivity contribution >= 4 is 17.4 Å². The van der Waals surface area contributed by atoms with E-state index in [1.54, 1.807) is 12.3 Å². The molecule has 0 saturated heterocycles. The summed E-state index contributed by atoms with van der Waals surface area (Å²) < 4.78 is 27.5. The van der Waals surface area contributed by atoms with Gasteiger partial charge in [0.05, 0.1) is 5.69 Å². The highest BCUT2D eigenvalue weighted by atomic mass is 19.1. The molecule has 6 nitrogen and oxygen atoms in total. The number of nitrogens with zero attached hydrogens (tertiary/aromatic N) is 4. The first-order chi connectivity index (χ1) is 9.63. The van der Waals surface area contributed by atoms with E-state index in [0.29, 0.717) is 6.07 Å². The molecule has 2 heterocycles. The van der Waals surface area contributed by atoms with Crippen molar-refractivity contribution < 1.29 is 13.6 Å².